The van der Waals surface area contributed by atoms with Crippen LogP contribution >= 0.6 is 0 Å². The highest BCUT2D eigenvalue weighted by atomic mass is 16.3. The molecule has 2 N–H and O–H groups in total. The summed E-state index contributed by atoms with van der Waals surface area (Å²) in [4.78, 5) is 0. The predicted molar refractivity (Wildman–Crippen MR) is 268 cm³/mol. The molecule has 9 aromatic rings. The SMILES string of the molecule is CC(Cc1ccc2c(c1)C(O)(c1ccc(C=C(c3ccccc3)c3ccccc3)cc1)c1ccccc1C2(O)c1ccc(C=C(c2ccccc2)c2ccccc2)cc1)c1ccccc1. The molecule has 65 heavy (non-hydrogen) atoms. The first kappa shape index (κ1) is 41.4. The zero-order chi connectivity index (χ0) is 44.2. The Bertz CT molecular complexity index is 3020. The van der Waals surface area contributed by atoms with Gasteiger partial charge in [0.15, 0.2) is 0 Å². The topological polar surface area (TPSA) is 40.5 Å². The third kappa shape index (κ3) is 8.00. The molecule has 0 radical (unpaired) electrons. The lowest BCUT2D eigenvalue weighted by Crippen LogP contribution is -2.44. The van der Waals surface area contributed by atoms with E-state index in [0.717, 1.165) is 67.6 Å². The van der Waals surface area contributed by atoms with Gasteiger partial charge in [0.1, 0.15) is 11.2 Å². The minimum absolute atomic E-state index is 0.240. The van der Waals surface area contributed by atoms with Crippen LogP contribution in [0.4, 0.5) is 0 Å². The van der Waals surface area contributed by atoms with E-state index in [-0.39, 0.29) is 5.92 Å². The van der Waals surface area contributed by atoms with E-state index in [0.29, 0.717) is 22.3 Å². The molecule has 0 amide bonds. The normalized spacial score (nSPS) is 16.7. The quantitative estimate of drug-likeness (QED) is 0.127. The summed E-state index contributed by atoms with van der Waals surface area (Å²) in [5.74, 6) is 0.240. The molecule has 10 rings (SSSR count). The van der Waals surface area contributed by atoms with Crippen molar-refractivity contribution in [2.24, 2.45) is 0 Å². The van der Waals surface area contributed by atoms with Crippen LogP contribution < -0.4 is 0 Å². The molecule has 0 bridgehead atoms. The number of hydrogen-bond acceptors (Lipinski definition) is 2. The standard InChI is InChI=1S/C63H50O2/c1-45(49-19-7-2-8-20-49)41-48-35-40-60-61(44-48)63(65,55-38-33-47(34-39-55)43-57(52-25-13-5-14-26-52)53-27-15-6-16-28-53)59-30-18-17-29-58(59)62(60,64)54-36-31-46(32-37-54)42-56(50-21-9-3-10-22-50)51-23-11-4-12-24-51/h2-40,42-45,64-65H,41H2,1H3. The Morgan fingerprint density at radius 1 is 0.385 bits per heavy atom. The van der Waals surface area contributed by atoms with Crippen molar-refractivity contribution in [2.75, 3.05) is 0 Å². The fourth-order valence-electron chi connectivity index (χ4n) is 9.72. The van der Waals surface area contributed by atoms with Crippen molar-refractivity contribution in [3.63, 3.8) is 0 Å². The van der Waals surface area contributed by atoms with Crippen LogP contribution in [0.1, 0.15) is 90.7 Å². The molecule has 3 atom stereocenters. The first-order valence-corrected chi connectivity index (χ1v) is 22.5. The summed E-state index contributed by atoms with van der Waals surface area (Å²) in [5, 5.41) is 27.2. The van der Waals surface area contributed by atoms with Crippen molar-refractivity contribution < 1.29 is 10.2 Å². The second kappa shape index (κ2) is 17.9. The fourth-order valence-corrected chi connectivity index (χ4v) is 9.72. The molecule has 314 valence electrons. The number of rotatable bonds is 11. The van der Waals surface area contributed by atoms with E-state index in [1.165, 1.54) is 5.56 Å². The van der Waals surface area contributed by atoms with Crippen LogP contribution in [-0.4, -0.2) is 10.2 Å². The predicted octanol–water partition coefficient (Wildman–Crippen LogP) is 14.1. The largest absolute Gasteiger partial charge is 0.376 e. The van der Waals surface area contributed by atoms with Gasteiger partial charge in [-0.15, -0.1) is 0 Å². The van der Waals surface area contributed by atoms with Gasteiger partial charge in [0, 0.05) is 0 Å². The molecule has 0 saturated heterocycles. The second-order valence-corrected chi connectivity index (χ2v) is 17.2. The highest BCUT2D eigenvalue weighted by Gasteiger charge is 2.51. The van der Waals surface area contributed by atoms with Gasteiger partial charge in [-0.2, -0.15) is 0 Å². The summed E-state index contributed by atoms with van der Waals surface area (Å²) in [5.41, 5.74) is 12.1. The van der Waals surface area contributed by atoms with Gasteiger partial charge in [-0.3, -0.25) is 0 Å². The van der Waals surface area contributed by atoms with Crippen LogP contribution in [0.15, 0.2) is 243 Å². The van der Waals surface area contributed by atoms with Gasteiger partial charge in [-0.25, -0.2) is 0 Å². The maximum Gasteiger partial charge on any atom is 0.141 e. The highest BCUT2D eigenvalue weighted by molar-refractivity contribution is 5.92. The minimum atomic E-state index is -1.57. The number of benzene rings is 9. The molecule has 1 aliphatic rings. The average Bonchev–Trinajstić information content (AvgIpc) is 3.38. The maximum absolute atomic E-state index is 13.7. The van der Waals surface area contributed by atoms with Crippen LogP contribution in [-0.2, 0) is 17.6 Å². The fraction of sp³-hybridized carbons (Fsp3) is 0.0794. The van der Waals surface area contributed by atoms with Crippen LogP contribution in [0.2, 0.25) is 0 Å². The molecule has 0 heterocycles. The Hall–Kier alpha value is -7.62. The van der Waals surface area contributed by atoms with Crippen molar-refractivity contribution in [3.05, 3.63) is 321 Å². The van der Waals surface area contributed by atoms with E-state index in [1.807, 2.05) is 84.9 Å². The molecule has 1 aliphatic carbocycles. The molecular weight excluding hydrogens is 789 g/mol. The van der Waals surface area contributed by atoms with Gasteiger partial charge >= 0.3 is 0 Å². The second-order valence-electron chi connectivity index (χ2n) is 17.2. The molecule has 0 aliphatic heterocycles. The van der Waals surface area contributed by atoms with Gasteiger partial charge in [-0.05, 0) is 114 Å². The average molecular weight is 839 g/mol. The Balaban J connectivity index is 1.10. The number of fused-ring (bicyclic) bond motifs is 2. The summed E-state index contributed by atoms with van der Waals surface area (Å²) in [7, 11) is 0. The van der Waals surface area contributed by atoms with Crippen molar-refractivity contribution >= 4 is 23.3 Å². The van der Waals surface area contributed by atoms with E-state index < -0.39 is 11.2 Å². The minimum Gasteiger partial charge on any atom is -0.376 e. The van der Waals surface area contributed by atoms with Gasteiger partial charge in [0.2, 0.25) is 0 Å². The summed E-state index contributed by atoms with van der Waals surface area (Å²) < 4.78 is 0. The summed E-state index contributed by atoms with van der Waals surface area (Å²) in [6.07, 6.45) is 5.19. The van der Waals surface area contributed by atoms with Gasteiger partial charge < -0.3 is 10.2 Å². The van der Waals surface area contributed by atoms with Crippen molar-refractivity contribution in [1.82, 2.24) is 0 Å². The Morgan fingerprint density at radius 2 is 0.723 bits per heavy atom. The molecule has 3 unspecified atom stereocenters. The molecular formula is C63H50O2. The zero-order valence-electron chi connectivity index (χ0n) is 36.4. The van der Waals surface area contributed by atoms with Gasteiger partial charge in [-0.1, -0.05) is 250 Å². The van der Waals surface area contributed by atoms with E-state index >= 15 is 0 Å². The van der Waals surface area contributed by atoms with Crippen LogP contribution in [0, 0.1) is 0 Å². The molecule has 2 nitrogen and oxygen atoms in total. The molecule has 2 heteroatoms. The highest BCUT2D eigenvalue weighted by Crippen LogP contribution is 2.53. The third-order valence-corrected chi connectivity index (χ3v) is 13.1. The number of hydrogen-bond donors (Lipinski definition) is 2. The van der Waals surface area contributed by atoms with E-state index in [2.05, 4.69) is 177 Å². The maximum atomic E-state index is 13.7. The van der Waals surface area contributed by atoms with Crippen LogP contribution in [0.25, 0.3) is 23.3 Å². The molecule has 0 saturated carbocycles. The smallest absolute Gasteiger partial charge is 0.141 e. The first-order chi connectivity index (χ1) is 31.9. The lowest BCUT2D eigenvalue weighted by Gasteiger charge is -2.45. The Labute approximate surface area is 382 Å². The van der Waals surface area contributed by atoms with Crippen molar-refractivity contribution in [3.8, 4) is 0 Å². The molecule has 9 aromatic carbocycles. The van der Waals surface area contributed by atoms with E-state index in [1.54, 1.807) is 0 Å². The van der Waals surface area contributed by atoms with Crippen LogP contribution in [0.3, 0.4) is 0 Å². The van der Waals surface area contributed by atoms with Gasteiger partial charge in [0.25, 0.3) is 0 Å². The Kier molecular flexibility index (Phi) is 11.4. The van der Waals surface area contributed by atoms with Crippen LogP contribution in [0.5, 0.6) is 0 Å². The Morgan fingerprint density at radius 3 is 1.12 bits per heavy atom. The van der Waals surface area contributed by atoms with Gasteiger partial charge in [0.05, 0.1) is 0 Å². The molecule has 0 fully saturated rings. The van der Waals surface area contributed by atoms with Crippen molar-refractivity contribution in [1.29, 1.82) is 0 Å². The summed E-state index contributed by atoms with van der Waals surface area (Å²) >= 11 is 0. The first-order valence-electron chi connectivity index (χ1n) is 22.5. The molecule has 0 aromatic heterocycles. The lowest BCUT2D eigenvalue weighted by atomic mass is 9.63. The number of aliphatic hydroxyl groups is 2. The summed E-state index contributed by atoms with van der Waals surface area (Å²) in [6.45, 7) is 2.25. The zero-order valence-corrected chi connectivity index (χ0v) is 36.4. The lowest BCUT2D eigenvalue weighted by molar-refractivity contribution is 0.0747. The summed E-state index contributed by atoms with van der Waals surface area (Å²) in [6, 6.07) is 83.0. The van der Waals surface area contributed by atoms with E-state index in [4.69, 9.17) is 0 Å². The van der Waals surface area contributed by atoms with Crippen molar-refractivity contribution in [2.45, 2.75) is 30.5 Å². The van der Waals surface area contributed by atoms with E-state index in [9.17, 15) is 10.2 Å². The monoisotopic (exact) mass is 838 g/mol. The third-order valence-electron chi connectivity index (χ3n) is 13.1. The molecule has 0 spiro atoms.